The molecule has 7 heavy (non-hydrogen) atoms. The van der Waals surface area contributed by atoms with Crippen molar-refractivity contribution in [1.29, 1.82) is 0 Å². The third-order valence-electron chi connectivity index (χ3n) is 0. The van der Waals surface area contributed by atoms with Gasteiger partial charge in [0.25, 0.3) is 0 Å². The Morgan fingerprint density at radius 2 is 0.571 bits per heavy atom. The molecule has 0 aromatic heterocycles. The third kappa shape index (κ3) is 56.6. The van der Waals surface area contributed by atoms with Crippen LogP contribution in [0.4, 0.5) is 0 Å². The number of hydrogen-bond donors (Lipinski definition) is 0. The average Bonchev–Trinajstić information content (AvgIpc) is 0. The van der Waals surface area contributed by atoms with E-state index in [0.717, 1.165) is 0 Å². The summed E-state index contributed by atoms with van der Waals surface area (Å²) in [5, 5.41) is 0. The van der Waals surface area contributed by atoms with Gasteiger partial charge in [-0.25, -0.2) is 0 Å². The van der Waals surface area contributed by atoms with Gasteiger partial charge in [-0.2, -0.15) is 0 Å². The fourth-order valence-electron chi connectivity index (χ4n) is 0. The maximum atomic E-state index is 0. The van der Waals surface area contributed by atoms with Gasteiger partial charge in [-0.05, 0) is 0 Å². The molecule has 7 heteroatoms. The minimum Gasteiger partial charge on any atom is 0 e. The van der Waals surface area contributed by atoms with Crippen molar-refractivity contribution in [3.8, 4) is 0 Å². The molecule has 1 radical (unpaired) electrons. The van der Waals surface area contributed by atoms with E-state index in [1.165, 1.54) is 0 Å². The molecule has 0 aromatic rings. The van der Waals surface area contributed by atoms with Crippen LogP contribution in [0.1, 0.15) is 0 Å². The molecule has 0 atom stereocenters. The molecule has 0 unspecified atom stereocenters. The molecule has 0 amide bonds. The number of rotatable bonds is 0. The van der Waals surface area contributed by atoms with Crippen molar-refractivity contribution in [3.63, 3.8) is 0 Å². The fraction of sp³-hybridized carbons (Fsp3) is 0. The minimum absolute atomic E-state index is 0. The second-order valence-corrected chi connectivity index (χ2v) is 0. The molecular weight excluding hydrogens is 410 g/mol. The van der Waals surface area contributed by atoms with Crippen LogP contribution < -0.4 is 0 Å². The predicted molar refractivity (Wildman–Crippen MR) is 24.4 cm³/mol. The Bertz CT molecular complexity index is 11.7. The second-order valence-electron chi connectivity index (χ2n) is 0. The first-order valence-corrected chi connectivity index (χ1v) is 0. The summed E-state index contributed by atoms with van der Waals surface area (Å²) in [5.41, 5.74) is 0. The van der Waals surface area contributed by atoms with Crippen molar-refractivity contribution in [2.75, 3.05) is 0 Å². The average molecular weight is 421 g/mol. The zero-order chi connectivity index (χ0) is 0. The molecule has 0 rings (SSSR count). The third-order valence-corrected chi connectivity index (χ3v) is 0. The smallest absolute Gasteiger partial charge is 0 e. The van der Waals surface area contributed by atoms with Gasteiger partial charge >= 0.3 is 26.2 Å². The molecular formula is H11BiO4TiY. The van der Waals surface area contributed by atoms with Crippen molar-refractivity contribution < 1.29 is 76.3 Å². The summed E-state index contributed by atoms with van der Waals surface area (Å²) < 4.78 is 0. The Hall–Kier alpha value is 2.54. The molecule has 47 valence electrons. The molecule has 0 heterocycles. The van der Waals surface area contributed by atoms with E-state index >= 15 is 0 Å². The van der Waals surface area contributed by atoms with Crippen LogP contribution in [-0.4, -0.2) is 48.1 Å². The summed E-state index contributed by atoms with van der Waals surface area (Å²) >= 11 is 0. The summed E-state index contributed by atoms with van der Waals surface area (Å²) in [7, 11) is 0. The van der Waals surface area contributed by atoms with Gasteiger partial charge in [0.15, 0.2) is 0 Å². The van der Waals surface area contributed by atoms with Gasteiger partial charge < -0.3 is 21.9 Å². The van der Waals surface area contributed by atoms with Crippen molar-refractivity contribution in [2.24, 2.45) is 0 Å². The van der Waals surface area contributed by atoms with Gasteiger partial charge in [-0.15, -0.1) is 0 Å². The van der Waals surface area contributed by atoms with Gasteiger partial charge in [0.05, 0.1) is 0 Å². The molecule has 4 nitrogen and oxygen atoms in total. The van der Waals surface area contributed by atoms with E-state index in [9.17, 15) is 0 Å². The Balaban J connectivity index is 0. The number of hydrogen-bond acceptors (Lipinski definition) is 0. The van der Waals surface area contributed by atoms with Gasteiger partial charge in [0.2, 0.25) is 0 Å². The molecule has 0 aliphatic rings. The normalized spacial score (nSPS) is 0. The SMILES string of the molecule is O.O.O.O.[BiH3].[Ti].[Y]. The Morgan fingerprint density at radius 3 is 0.571 bits per heavy atom. The quantitative estimate of drug-likeness (QED) is 0.350. The summed E-state index contributed by atoms with van der Waals surface area (Å²) in [6, 6.07) is 0. The molecule has 8 N–H and O–H groups in total. The molecule has 0 aliphatic heterocycles. The maximum Gasteiger partial charge on any atom is 0 e. The van der Waals surface area contributed by atoms with Gasteiger partial charge in [0.1, 0.15) is 0 Å². The van der Waals surface area contributed by atoms with Crippen LogP contribution in [0.5, 0.6) is 0 Å². The van der Waals surface area contributed by atoms with Crippen LogP contribution in [0.15, 0.2) is 0 Å². The summed E-state index contributed by atoms with van der Waals surface area (Å²) in [6.07, 6.45) is 0. The van der Waals surface area contributed by atoms with Crippen LogP contribution in [0.25, 0.3) is 0 Å². The van der Waals surface area contributed by atoms with E-state index in [1.807, 2.05) is 0 Å². The Morgan fingerprint density at radius 1 is 0.571 bits per heavy atom. The molecule has 0 spiro atoms. The van der Waals surface area contributed by atoms with Gasteiger partial charge in [-0.3, -0.25) is 0 Å². The van der Waals surface area contributed by atoms with E-state index in [2.05, 4.69) is 0 Å². The van der Waals surface area contributed by atoms with Crippen LogP contribution >= 0.6 is 0 Å². The van der Waals surface area contributed by atoms with Crippen LogP contribution in [-0.2, 0) is 54.4 Å². The molecule has 0 aromatic carbocycles. The molecule has 0 aliphatic carbocycles. The first kappa shape index (κ1) is 108. The zero-order valence-electron chi connectivity index (χ0n) is 3.78. The maximum absolute atomic E-state index is 0. The first-order valence-electron chi connectivity index (χ1n) is 0. The summed E-state index contributed by atoms with van der Waals surface area (Å²) in [4.78, 5) is 0. The fourth-order valence-corrected chi connectivity index (χ4v) is 0. The van der Waals surface area contributed by atoms with E-state index < -0.39 is 0 Å². The monoisotopic (exact) mass is 421 g/mol. The summed E-state index contributed by atoms with van der Waals surface area (Å²) in [5.74, 6) is 0. The molecule has 0 fully saturated rings. The molecule has 0 saturated heterocycles. The van der Waals surface area contributed by atoms with Gasteiger partial charge in [-0.1, -0.05) is 0 Å². The standard InChI is InChI=1S/Bi.4H2O.Ti.Y.3H/h;4*1H2;;;;;. The van der Waals surface area contributed by atoms with Gasteiger partial charge in [0, 0.05) is 54.4 Å². The predicted octanol–water partition coefficient (Wildman–Crippen LogP) is -4.49. The van der Waals surface area contributed by atoms with E-state index in [4.69, 9.17) is 0 Å². The zero-order valence-corrected chi connectivity index (χ0v) is 13.7. The Kier molecular flexibility index (Phi) is 1160. The minimum atomic E-state index is 0. The van der Waals surface area contributed by atoms with Crippen LogP contribution in [0.3, 0.4) is 0 Å². The molecule has 0 saturated carbocycles. The topological polar surface area (TPSA) is 126 Å². The van der Waals surface area contributed by atoms with E-state index in [1.54, 1.807) is 0 Å². The van der Waals surface area contributed by atoms with Crippen molar-refractivity contribution in [1.82, 2.24) is 0 Å². The Labute approximate surface area is 101 Å². The van der Waals surface area contributed by atoms with Crippen molar-refractivity contribution >= 4 is 26.2 Å². The van der Waals surface area contributed by atoms with E-state index in [-0.39, 0.29) is 103 Å². The van der Waals surface area contributed by atoms with Crippen LogP contribution in [0.2, 0.25) is 0 Å². The summed E-state index contributed by atoms with van der Waals surface area (Å²) in [6.45, 7) is 0. The first-order chi connectivity index (χ1) is 0. The van der Waals surface area contributed by atoms with E-state index in [0.29, 0.717) is 0 Å². The van der Waals surface area contributed by atoms with Crippen molar-refractivity contribution in [2.45, 2.75) is 0 Å². The van der Waals surface area contributed by atoms with Crippen LogP contribution in [0, 0.1) is 0 Å². The van der Waals surface area contributed by atoms with Crippen molar-refractivity contribution in [3.05, 3.63) is 0 Å². The second kappa shape index (κ2) is 75.2. The largest absolute Gasteiger partial charge is 0 e. The molecule has 0 bridgehead atoms.